The summed E-state index contributed by atoms with van der Waals surface area (Å²) in [6.07, 6.45) is 2.85. The number of nitrogens with zero attached hydrogens (tertiary/aromatic N) is 1. The first-order valence-electron chi connectivity index (χ1n) is 9.67. The van der Waals surface area contributed by atoms with E-state index in [4.69, 9.17) is 14.8 Å². The van der Waals surface area contributed by atoms with Crippen LogP contribution in [0.3, 0.4) is 0 Å². The Balaban J connectivity index is 1.64. The fourth-order valence-corrected chi connectivity index (χ4v) is 4.03. The summed E-state index contributed by atoms with van der Waals surface area (Å²) >= 11 is 0. The number of aromatic hydroxyl groups is 1. The molecule has 28 heavy (non-hydrogen) atoms. The summed E-state index contributed by atoms with van der Waals surface area (Å²) in [6.45, 7) is 2.91. The van der Waals surface area contributed by atoms with Crippen LogP contribution >= 0.6 is 0 Å². The van der Waals surface area contributed by atoms with Crippen LogP contribution < -0.4 is 4.74 Å². The van der Waals surface area contributed by atoms with Crippen molar-refractivity contribution in [2.24, 2.45) is 11.8 Å². The lowest BCUT2D eigenvalue weighted by Gasteiger charge is -2.41. The van der Waals surface area contributed by atoms with Crippen molar-refractivity contribution in [2.75, 3.05) is 13.1 Å². The zero-order valence-electron chi connectivity index (χ0n) is 15.9. The lowest BCUT2D eigenvalue weighted by Crippen LogP contribution is -2.57. The molecule has 0 aromatic heterocycles. The fraction of sp³-hybridized carbons (Fsp3) is 0.579. The van der Waals surface area contributed by atoms with Crippen LogP contribution in [0.25, 0.3) is 0 Å². The van der Waals surface area contributed by atoms with Gasteiger partial charge in [-0.25, -0.2) is 4.79 Å². The summed E-state index contributed by atoms with van der Waals surface area (Å²) in [5.74, 6) is -1.11. The smallest absolute Gasteiger partial charge is 0.451 e. The van der Waals surface area contributed by atoms with Gasteiger partial charge in [-0.3, -0.25) is 4.79 Å². The van der Waals surface area contributed by atoms with Crippen molar-refractivity contribution in [3.8, 4) is 11.5 Å². The van der Waals surface area contributed by atoms with E-state index < -0.39 is 18.8 Å². The van der Waals surface area contributed by atoms with Gasteiger partial charge in [0, 0.05) is 5.92 Å². The van der Waals surface area contributed by atoms with Gasteiger partial charge in [-0.05, 0) is 43.1 Å². The van der Waals surface area contributed by atoms with Crippen molar-refractivity contribution < 1.29 is 34.6 Å². The third kappa shape index (κ3) is 4.25. The Morgan fingerprint density at radius 3 is 2.54 bits per heavy atom. The lowest BCUT2D eigenvalue weighted by molar-refractivity contribution is -0.145. The Labute approximate surface area is 163 Å². The summed E-state index contributed by atoms with van der Waals surface area (Å²) in [5.41, 5.74) is -0.0439. The Kier molecular flexibility index (Phi) is 6.15. The van der Waals surface area contributed by atoms with Crippen LogP contribution in [0.15, 0.2) is 12.1 Å². The Morgan fingerprint density at radius 2 is 1.96 bits per heavy atom. The maximum Gasteiger partial charge on any atom is 0.451 e. The number of benzene rings is 1. The first-order chi connectivity index (χ1) is 13.3. The Hall–Kier alpha value is -2.26. The minimum Gasteiger partial charge on any atom is -0.507 e. The number of ether oxygens (including phenoxy) is 1. The molecule has 1 aliphatic heterocycles. The lowest BCUT2D eigenvalue weighted by atomic mass is 9.82. The van der Waals surface area contributed by atoms with Crippen LogP contribution in [0, 0.1) is 11.8 Å². The molecule has 2 fully saturated rings. The minimum absolute atomic E-state index is 0.0217. The van der Waals surface area contributed by atoms with E-state index in [0.29, 0.717) is 24.6 Å². The predicted molar refractivity (Wildman–Crippen MR) is 101 cm³/mol. The molecule has 1 saturated carbocycles. The molecule has 1 aromatic carbocycles. The molecule has 4 N–H and O–H groups in total. The number of carboxylic acid groups (broad SMARTS) is 1. The van der Waals surface area contributed by atoms with Crippen LogP contribution in [-0.2, 0) is 11.2 Å². The van der Waals surface area contributed by atoms with E-state index >= 15 is 0 Å². The van der Waals surface area contributed by atoms with Crippen molar-refractivity contribution in [1.29, 1.82) is 0 Å². The van der Waals surface area contributed by atoms with Crippen LogP contribution in [0.2, 0.25) is 6.32 Å². The van der Waals surface area contributed by atoms with E-state index in [2.05, 4.69) is 6.92 Å². The maximum atomic E-state index is 12.5. The van der Waals surface area contributed by atoms with E-state index in [9.17, 15) is 19.8 Å². The van der Waals surface area contributed by atoms with Gasteiger partial charge >= 0.3 is 13.1 Å². The number of hydrogen-bond acceptors (Lipinski definition) is 6. The maximum absolute atomic E-state index is 12.5. The number of rotatable bonds is 7. The molecule has 1 heterocycles. The molecule has 0 radical (unpaired) electrons. The van der Waals surface area contributed by atoms with Crippen molar-refractivity contribution in [2.45, 2.75) is 45.0 Å². The monoisotopic (exact) mass is 391 g/mol. The van der Waals surface area contributed by atoms with E-state index in [1.165, 1.54) is 12.1 Å². The number of phenols is 1. The molecule has 1 aliphatic carbocycles. The Bertz CT molecular complexity index is 748. The molecule has 152 valence electrons. The molecule has 8 nitrogen and oxygen atoms in total. The number of carbonyl (C=O) groups is 2. The number of likely N-dealkylation sites (tertiary alicyclic amines) is 1. The highest BCUT2D eigenvalue weighted by atomic mass is 16.5. The summed E-state index contributed by atoms with van der Waals surface area (Å²) < 4.78 is 5.74. The van der Waals surface area contributed by atoms with E-state index in [-0.39, 0.29) is 42.0 Å². The number of aryl methyl sites for hydroxylation is 1. The van der Waals surface area contributed by atoms with E-state index in [1.54, 1.807) is 4.90 Å². The fourth-order valence-electron chi connectivity index (χ4n) is 4.03. The summed E-state index contributed by atoms with van der Waals surface area (Å²) in [4.78, 5) is 25.9. The second kappa shape index (κ2) is 8.40. The molecule has 9 heteroatoms. The molecule has 2 atom stereocenters. The molecular weight excluding hydrogens is 365 g/mol. The highest BCUT2D eigenvalue weighted by Crippen LogP contribution is 2.36. The molecule has 1 aromatic rings. The second-order valence-corrected chi connectivity index (χ2v) is 7.77. The molecule has 0 bridgehead atoms. The molecule has 3 rings (SSSR count). The zero-order valence-corrected chi connectivity index (χ0v) is 15.9. The quantitative estimate of drug-likeness (QED) is 0.513. The second-order valence-electron chi connectivity index (χ2n) is 7.77. The van der Waals surface area contributed by atoms with Gasteiger partial charge in [0.25, 0.3) is 0 Å². The molecule has 1 amide bonds. The molecule has 1 saturated heterocycles. The third-order valence-corrected chi connectivity index (χ3v) is 5.74. The highest BCUT2D eigenvalue weighted by Gasteiger charge is 2.39. The number of carbonyl (C=O) groups excluding carboxylic acids is 1. The van der Waals surface area contributed by atoms with Crippen LogP contribution in [0.5, 0.6) is 11.5 Å². The predicted octanol–water partition coefficient (Wildman–Crippen LogP) is 1.13. The van der Waals surface area contributed by atoms with Gasteiger partial charge in [0.1, 0.15) is 23.2 Å². The summed E-state index contributed by atoms with van der Waals surface area (Å²) in [7, 11) is -1.54. The highest BCUT2D eigenvalue weighted by molar-refractivity contribution is 6.41. The number of amides is 1. The summed E-state index contributed by atoms with van der Waals surface area (Å²) in [6, 6.07) is 2.98. The molecule has 0 unspecified atom stereocenters. The van der Waals surface area contributed by atoms with Crippen molar-refractivity contribution in [3.63, 3.8) is 0 Å². The van der Waals surface area contributed by atoms with E-state index in [0.717, 1.165) is 19.3 Å². The molecular formula is C19H26BNO7. The standard InChI is InChI=1S/C19H26BNO7/c1-11-3-2-4-14(11)18(23)21-9-13(10-21)28-15-6-5-12(7-8-20(26)27)17(22)16(15)19(24)25/h5-6,11,13-14,22,26-27H,2-4,7-10H2,1H3,(H,24,25)/t11-,14+/m1/s1. The number of carboxylic acids is 1. The van der Waals surface area contributed by atoms with Gasteiger partial charge in [0.05, 0.1) is 13.1 Å². The first kappa shape index (κ1) is 20.5. The van der Waals surface area contributed by atoms with Crippen LogP contribution in [0.4, 0.5) is 0 Å². The number of aromatic carboxylic acids is 1. The Morgan fingerprint density at radius 1 is 1.25 bits per heavy atom. The van der Waals surface area contributed by atoms with Gasteiger partial charge < -0.3 is 29.9 Å². The molecule has 0 spiro atoms. The normalized spacial score (nSPS) is 22.0. The topological polar surface area (TPSA) is 128 Å². The average Bonchev–Trinajstić information content (AvgIpc) is 3.01. The molecule has 2 aliphatic rings. The largest absolute Gasteiger partial charge is 0.507 e. The van der Waals surface area contributed by atoms with Crippen molar-refractivity contribution in [3.05, 3.63) is 23.3 Å². The van der Waals surface area contributed by atoms with Gasteiger partial charge in [-0.15, -0.1) is 0 Å². The summed E-state index contributed by atoms with van der Waals surface area (Å²) in [5, 5.41) is 37.7. The van der Waals surface area contributed by atoms with Gasteiger partial charge in [0.2, 0.25) is 5.91 Å². The SMILES string of the molecule is C[C@@H]1CCC[C@@H]1C(=O)N1CC(Oc2ccc(CCB(O)O)c(O)c2C(=O)O)C1. The third-order valence-electron chi connectivity index (χ3n) is 5.74. The zero-order chi connectivity index (χ0) is 20.4. The van der Waals surface area contributed by atoms with Crippen molar-refractivity contribution >= 4 is 19.0 Å². The first-order valence-corrected chi connectivity index (χ1v) is 9.67. The van der Waals surface area contributed by atoms with Crippen molar-refractivity contribution in [1.82, 2.24) is 4.90 Å². The van der Waals surface area contributed by atoms with Gasteiger partial charge in [-0.1, -0.05) is 19.4 Å². The van der Waals surface area contributed by atoms with Gasteiger partial charge in [0.15, 0.2) is 0 Å². The average molecular weight is 391 g/mol. The van der Waals surface area contributed by atoms with E-state index in [1.807, 2.05) is 0 Å². The van der Waals surface area contributed by atoms with Crippen LogP contribution in [0.1, 0.15) is 42.1 Å². The van der Waals surface area contributed by atoms with Crippen LogP contribution in [-0.4, -0.2) is 63.3 Å². The number of hydrogen-bond donors (Lipinski definition) is 4. The minimum atomic E-state index is -1.54. The van der Waals surface area contributed by atoms with Gasteiger partial charge in [-0.2, -0.15) is 0 Å².